The molecule has 1 aliphatic heterocycles. The van der Waals surface area contributed by atoms with Gasteiger partial charge in [-0.05, 0) is 42.6 Å². The van der Waals surface area contributed by atoms with Gasteiger partial charge in [-0.3, -0.25) is 14.4 Å². The molecule has 1 saturated heterocycles. The number of rotatable bonds is 13. The molecule has 3 aromatic rings. The molecule has 2 aromatic carbocycles. The van der Waals surface area contributed by atoms with E-state index in [0.717, 1.165) is 18.5 Å². The molecule has 0 bridgehead atoms. The Labute approximate surface area is 237 Å². The van der Waals surface area contributed by atoms with Crippen molar-refractivity contribution in [3.63, 3.8) is 0 Å². The molecule has 2 heterocycles. The van der Waals surface area contributed by atoms with Crippen molar-refractivity contribution < 1.29 is 29.4 Å². The molecule has 0 spiro atoms. The summed E-state index contributed by atoms with van der Waals surface area (Å²) < 4.78 is 0. The maximum atomic E-state index is 13.6. The third kappa shape index (κ3) is 8.64. The Balaban J connectivity index is 1.51. The number of hydrogen-bond acceptors (Lipinski definition) is 7. The summed E-state index contributed by atoms with van der Waals surface area (Å²) in [5, 5.41) is 30.5. The minimum absolute atomic E-state index is 0.0132. The summed E-state index contributed by atoms with van der Waals surface area (Å²) in [6.45, 7) is 0.717. The third-order valence-electron chi connectivity index (χ3n) is 6.90. The van der Waals surface area contributed by atoms with Crippen LogP contribution in [0.4, 0.5) is 0 Å². The van der Waals surface area contributed by atoms with Crippen molar-refractivity contribution in [2.45, 2.75) is 56.3 Å². The van der Waals surface area contributed by atoms with Gasteiger partial charge in [-0.1, -0.05) is 42.5 Å². The molecule has 12 nitrogen and oxygen atoms in total. The zero-order chi connectivity index (χ0) is 29.2. The van der Waals surface area contributed by atoms with Crippen LogP contribution in [0.25, 0.3) is 0 Å². The highest BCUT2D eigenvalue weighted by Gasteiger charge is 2.32. The highest BCUT2D eigenvalue weighted by molar-refractivity contribution is 5.94. The molecule has 0 saturated carbocycles. The summed E-state index contributed by atoms with van der Waals surface area (Å²) in [7, 11) is 0. The standard InChI is InChI=1S/C29H34N6O6/c36-21-10-8-19(9-11-21)14-25(29(40)41)35-28(39)24(15-20-16-30-17-32-20)34-27(38)23(13-18-5-2-1-3-6-18)33-26(37)22-7-4-12-31-22/h1-3,5-6,8-11,16-17,22-25,31,36H,4,7,12-15H2,(H,30,32)(H,33,37)(H,34,38)(H,35,39)(H,40,41). The van der Waals surface area contributed by atoms with Crippen molar-refractivity contribution in [3.05, 3.63) is 83.9 Å². The number of benzene rings is 2. The van der Waals surface area contributed by atoms with Gasteiger partial charge in [0.2, 0.25) is 17.7 Å². The second-order valence-electron chi connectivity index (χ2n) is 10.0. The number of carboxylic acid groups (broad SMARTS) is 1. The minimum atomic E-state index is -1.29. The molecule has 7 N–H and O–H groups in total. The van der Waals surface area contributed by atoms with Gasteiger partial charge >= 0.3 is 5.97 Å². The van der Waals surface area contributed by atoms with E-state index >= 15 is 0 Å². The first-order valence-electron chi connectivity index (χ1n) is 13.4. The van der Waals surface area contributed by atoms with Crippen molar-refractivity contribution in [1.29, 1.82) is 0 Å². The van der Waals surface area contributed by atoms with E-state index in [-0.39, 0.29) is 30.9 Å². The summed E-state index contributed by atoms with van der Waals surface area (Å²) in [4.78, 5) is 58.8. The van der Waals surface area contributed by atoms with Crippen LogP contribution >= 0.6 is 0 Å². The van der Waals surface area contributed by atoms with Crippen LogP contribution in [0.1, 0.15) is 29.7 Å². The first kappa shape index (κ1) is 29.3. The molecule has 1 aromatic heterocycles. The van der Waals surface area contributed by atoms with Gasteiger partial charge in [-0.25, -0.2) is 9.78 Å². The van der Waals surface area contributed by atoms with Gasteiger partial charge in [0.25, 0.3) is 0 Å². The van der Waals surface area contributed by atoms with Crippen LogP contribution in [0, 0.1) is 0 Å². The van der Waals surface area contributed by atoms with E-state index in [2.05, 4.69) is 31.2 Å². The quantitative estimate of drug-likeness (QED) is 0.156. The molecule has 3 amide bonds. The lowest BCUT2D eigenvalue weighted by Gasteiger charge is -2.25. The number of aromatic amines is 1. The van der Waals surface area contributed by atoms with Gasteiger partial charge in [0, 0.05) is 31.2 Å². The molecule has 12 heteroatoms. The number of nitrogens with one attached hydrogen (secondary N) is 5. The predicted octanol–water partition coefficient (Wildman–Crippen LogP) is 0.434. The number of aliphatic carboxylic acids is 1. The van der Waals surface area contributed by atoms with Crippen molar-refractivity contribution >= 4 is 23.7 Å². The lowest BCUT2D eigenvalue weighted by Crippen LogP contribution is -2.58. The van der Waals surface area contributed by atoms with E-state index in [1.54, 1.807) is 12.1 Å². The molecular formula is C29H34N6O6. The predicted molar refractivity (Wildman–Crippen MR) is 149 cm³/mol. The van der Waals surface area contributed by atoms with Crippen LogP contribution in [0.5, 0.6) is 5.75 Å². The molecule has 1 aliphatic rings. The number of aromatic nitrogens is 2. The summed E-state index contributed by atoms with van der Waals surface area (Å²) >= 11 is 0. The van der Waals surface area contributed by atoms with Crippen LogP contribution in [0.3, 0.4) is 0 Å². The van der Waals surface area contributed by atoms with Gasteiger partial charge in [-0.15, -0.1) is 0 Å². The van der Waals surface area contributed by atoms with E-state index in [9.17, 15) is 29.4 Å². The lowest BCUT2D eigenvalue weighted by molar-refractivity contribution is -0.142. The van der Waals surface area contributed by atoms with Crippen LogP contribution in [0.15, 0.2) is 67.1 Å². The van der Waals surface area contributed by atoms with Crippen molar-refractivity contribution in [3.8, 4) is 5.75 Å². The molecular weight excluding hydrogens is 528 g/mol. The molecule has 4 rings (SSSR count). The zero-order valence-corrected chi connectivity index (χ0v) is 22.4. The lowest BCUT2D eigenvalue weighted by atomic mass is 10.0. The molecule has 0 radical (unpaired) electrons. The second kappa shape index (κ2) is 14.1. The number of imidazole rings is 1. The number of H-pyrrole nitrogens is 1. The van der Waals surface area contributed by atoms with Gasteiger partial charge in [0.05, 0.1) is 12.4 Å². The minimum Gasteiger partial charge on any atom is -0.508 e. The maximum Gasteiger partial charge on any atom is 0.326 e. The Morgan fingerprint density at radius 1 is 0.854 bits per heavy atom. The van der Waals surface area contributed by atoms with Crippen LogP contribution < -0.4 is 21.3 Å². The van der Waals surface area contributed by atoms with E-state index in [1.807, 2.05) is 30.3 Å². The fourth-order valence-electron chi connectivity index (χ4n) is 4.68. The Bertz CT molecular complexity index is 1310. The maximum absolute atomic E-state index is 13.6. The van der Waals surface area contributed by atoms with E-state index in [0.29, 0.717) is 17.7 Å². The molecule has 1 fully saturated rings. The number of aromatic hydroxyl groups is 1. The number of phenols is 1. The first-order valence-corrected chi connectivity index (χ1v) is 13.4. The van der Waals surface area contributed by atoms with Crippen LogP contribution in [-0.4, -0.2) is 74.6 Å². The Hall–Kier alpha value is -4.71. The smallest absolute Gasteiger partial charge is 0.326 e. The number of amides is 3. The fraction of sp³-hybridized carbons (Fsp3) is 0.345. The van der Waals surface area contributed by atoms with Gasteiger partial charge in [-0.2, -0.15) is 0 Å². The number of carboxylic acids is 1. The van der Waals surface area contributed by atoms with Crippen molar-refractivity contribution in [1.82, 2.24) is 31.2 Å². The van der Waals surface area contributed by atoms with Gasteiger partial charge in [0.1, 0.15) is 23.9 Å². The summed E-state index contributed by atoms with van der Waals surface area (Å²) in [5.41, 5.74) is 1.97. The third-order valence-corrected chi connectivity index (χ3v) is 6.90. The highest BCUT2D eigenvalue weighted by atomic mass is 16.4. The fourth-order valence-corrected chi connectivity index (χ4v) is 4.68. The molecule has 41 heavy (non-hydrogen) atoms. The molecule has 4 atom stereocenters. The number of nitrogens with zero attached hydrogens (tertiary/aromatic N) is 1. The number of phenolic OH excluding ortho intramolecular Hbond substituents is 1. The first-order chi connectivity index (χ1) is 19.8. The van der Waals surface area contributed by atoms with E-state index in [1.165, 1.54) is 24.7 Å². The highest BCUT2D eigenvalue weighted by Crippen LogP contribution is 2.13. The Morgan fingerprint density at radius 2 is 1.49 bits per heavy atom. The SMILES string of the molecule is O=C(O)C(Cc1ccc(O)cc1)NC(=O)C(Cc1cnc[nH]1)NC(=O)C(Cc1ccccc1)NC(=O)C1CCCN1. The molecule has 4 unspecified atom stereocenters. The zero-order valence-electron chi connectivity index (χ0n) is 22.4. The Kier molecular flexibility index (Phi) is 10.1. The van der Waals surface area contributed by atoms with Gasteiger partial charge < -0.3 is 36.5 Å². The number of hydrogen-bond donors (Lipinski definition) is 7. The largest absolute Gasteiger partial charge is 0.508 e. The van der Waals surface area contributed by atoms with Crippen molar-refractivity contribution in [2.75, 3.05) is 6.54 Å². The van der Waals surface area contributed by atoms with Gasteiger partial charge in [0.15, 0.2) is 0 Å². The number of carbonyl (C=O) groups excluding carboxylic acids is 3. The van der Waals surface area contributed by atoms with E-state index < -0.39 is 42.0 Å². The monoisotopic (exact) mass is 562 g/mol. The van der Waals surface area contributed by atoms with Crippen LogP contribution in [0.2, 0.25) is 0 Å². The summed E-state index contributed by atoms with van der Waals surface area (Å²) in [6.07, 6.45) is 4.63. The van der Waals surface area contributed by atoms with Crippen LogP contribution in [-0.2, 0) is 38.4 Å². The Morgan fingerprint density at radius 3 is 2.10 bits per heavy atom. The summed E-state index contributed by atoms with van der Waals surface area (Å²) in [6, 6.07) is 11.4. The average Bonchev–Trinajstić information content (AvgIpc) is 3.68. The topological polar surface area (TPSA) is 186 Å². The molecule has 216 valence electrons. The normalized spacial score (nSPS) is 16.7. The second-order valence-corrected chi connectivity index (χ2v) is 10.0. The van der Waals surface area contributed by atoms with E-state index in [4.69, 9.17) is 0 Å². The average molecular weight is 563 g/mol. The summed E-state index contributed by atoms with van der Waals surface area (Å²) in [5.74, 6) is -2.80. The molecule has 0 aliphatic carbocycles. The van der Waals surface area contributed by atoms with Crippen molar-refractivity contribution in [2.24, 2.45) is 0 Å². The number of carbonyl (C=O) groups is 4.